The van der Waals surface area contributed by atoms with E-state index in [1.807, 2.05) is 9.39 Å². The van der Waals surface area contributed by atoms with Gasteiger partial charge in [0.05, 0.1) is 0 Å². The number of nitrogens with zero attached hydrogens (tertiary/aromatic N) is 1. The van der Waals surface area contributed by atoms with Crippen LogP contribution in [0, 0.1) is 0 Å². The highest BCUT2D eigenvalue weighted by atomic mass is 31.0. The first kappa shape index (κ1) is 8.43. The minimum absolute atomic E-state index is 0.102. The summed E-state index contributed by atoms with van der Waals surface area (Å²) in [5.74, 6) is -0.311. The molecule has 3 amide bonds. The Labute approximate surface area is 66.0 Å². The first-order valence-electron chi connectivity index (χ1n) is 3.17. The zero-order valence-electron chi connectivity index (χ0n) is 5.78. The van der Waals surface area contributed by atoms with Gasteiger partial charge in [0, 0.05) is 6.61 Å². The van der Waals surface area contributed by atoms with E-state index in [-0.39, 0.29) is 18.9 Å². The van der Waals surface area contributed by atoms with E-state index >= 15 is 0 Å². The molecule has 62 valence electrons. The molecule has 1 saturated heterocycles. The van der Waals surface area contributed by atoms with E-state index in [9.17, 15) is 9.59 Å². The predicted molar refractivity (Wildman–Crippen MR) is 40.6 cm³/mol. The van der Waals surface area contributed by atoms with Crippen LogP contribution in [0.15, 0.2) is 0 Å². The molecule has 2 unspecified atom stereocenters. The van der Waals surface area contributed by atoms with Gasteiger partial charge in [-0.3, -0.25) is 4.79 Å². The van der Waals surface area contributed by atoms with Crippen molar-refractivity contribution in [2.45, 2.75) is 12.5 Å². The third-order valence-corrected chi connectivity index (χ3v) is 1.96. The van der Waals surface area contributed by atoms with Crippen molar-refractivity contribution >= 4 is 21.3 Å². The van der Waals surface area contributed by atoms with Crippen molar-refractivity contribution in [2.75, 3.05) is 6.61 Å². The topological polar surface area (TPSA) is 69.6 Å². The number of imide groups is 1. The molecule has 0 saturated carbocycles. The Bertz CT molecular complexity index is 196. The summed E-state index contributed by atoms with van der Waals surface area (Å²) in [5, 5.41) is 10.9. The summed E-state index contributed by atoms with van der Waals surface area (Å²) in [4.78, 5) is 21.8. The van der Waals surface area contributed by atoms with Crippen LogP contribution in [-0.4, -0.2) is 34.4 Å². The lowest BCUT2D eigenvalue weighted by Crippen LogP contribution is -2.29. The van der Waals surface area contributed by atoms with E-state index in [4.69, 9.17) is 5.11 Å². The molecule has 2 atom stereocenters. The van der Waals surface area contributed by atoms with Gasteiger partial charge in [0.15, 0.2) is 0 Å². The third kappa shape index (κ3) is 1.49. The summed E-state index contributed by atoms with van der Waals surface area (Å²) in [5.41, 5.74) is 0. The van der Waals surface area contributed by atoms with Gasteiger partial charge >= 0.3 is 6.03 Å². The molecule has 0 spiro atoms. The summed E-state index contributed by atoms with van der Waals surface area (Å²) in [6.45, 7) is -0.102. The number of hydrogen-bond acceptors (Lipinski definition) is 3. The molecule has 1 heterocycles. The Morgan fingerprint density at radius 3 is 2.64 bits per heavy atom. The normalized spacial score (nSPS) is 24.2. The van der Waals surface area contributed by atoms with Crippen LogP contribution in [0.5, 0.6) is 0 Å². The summed E-state index contributed by atoms with van der Waals surface area (Å²) < 4.78 is 0.931. The lowest BCUT2D eigenvalue weighted by molar-refractivity contribution is -0.124. The number of carbonyl (C=O) groups is 2. The molecule has 0 aromatic heterocycles. The maximum atomic E-state index is 11.0. The number of carbonyl (C=O) groups excluding carboxylic acids is 2. The Morgan fingerprint density at radius 1 is 1.64 bits per heavy atom. The second-order valence-corrected chi connectivity index (χ2v) is 2.74. The van der Waals surface area contributed by atoms with E-state index in [2.05, 4.69) is 5.32 Å². The molecule has 1 fully saturated rings. The Hall–Kier alpha value is -0.670. The molecule has 0 aliphatic carbocycles. The number of nitrogens with one attached hydrogen (secondary N) is 1. The maximum Gasteiger partial charge on any atom is 0.327 e. The number of aliphatic hydroxyl groups excluding tert-OH is 1. The number of amides is 3. The molecule has 0 bridgehead atoms. The first-order valence-corrected chi connectivity index (χ1v) is 3.68. The molecule has 1 aliphatic rings. The van der Waals surface area contributed by atoms with Crippen LogP contribution in [0.4, 0.5) is 4.79 Å². The molecule has 1 rings (SSSR count). The number of rotatable bonds is 2. The van der Waals surface area contributed by atoms with Gasteiger partial charge in [-0.15, -0.1) is 0 Å². The minimum atomic E-state index is -0.551. The summed E-state index contributed by atoms with van der Waals surface area (Å²) in [6, 6.07) is -0.983. The van der Waals surface area contributed by atoms with E-state index in [1.165, 1.54) is 0 Å². The molecule has 2 N–H and O–H groups in total. The zero-order valence-corrected chi connectivity index (χ0v) is 6.93. The summed E-state index contributed by atoms with van der Waals surface area (Å²) in [6.07, 6.45) is 0.273. The van der Waals surface area contributed by atoms with Crippen LogP contribution in [-0.2, 0) is 4.79 Å². The van der Waals surface area contributed by atoms with Crippen molar-refractivity contribution in [1.29, 1.82) is 0 Å². The van der Waals surface area contributed by atoms with Gasteiger partial charge in [-0.1, -0.05) is 0 Å². The van der Waals surface area contributed by atoms with Gasteiger partial charge in [0.25, 0.3) is 5.91 Å². The molecular formula is C5H9N2O3P. The SMILES string of the molecule is O=C1NC(CCO)C(=O)N1P. The van der Waals surface area contributed by atoms with Gasteiger partial charge in [-0.25, -0.2) is 9.46 Å². The van der Waals surface area contributed by atoms with Gasteiger partial charge in [0.1, 0.15) is 6.04 Å². The Kier molecular flexibility index (Phi) is 2.42. The van der Waals surface area contributed by atoms with Gasteiger partial charge in [0.2, 0.25) is 0 Å². The summed E-state index contributed by atoms with van der Waals surface area (Å²) >= 11 is 0. The average Bonchev–Trinajstić information content (AvgIpc) is 2.19. The second kappa shape index (κ2) is 3.15. The fourth-order valence-electron chi connectivity index (χ4n) is 0.873. The molecule has 0 aromatic rings. The van der Waals surface area contributed by atoms with Crippen LogP contribution >= 0.6 is 9.39 Å². The molecule has 0 aromatic carbocycles. The molecule has 11 heavy (non-hydrogen) atoms. The Morgan fingerprint density at radius 2 is 2.27 bits per heavy atom. The average molecular weight is 176 g/mol. The third-order valence-electron chi connectivity index (χ3n) is 1.47. The quantitative estimate of drug-likeness (QED) is 0.422. The van der Waals surface area contributed by atoms with Crippen molar-refractivity contribution in [1.82, 2.24) is 9.99 Å². The van der Waals surface area contributed by atoms with Crippen molar-refractivity contribution in [2.24, 2.45) is 0 Å². The van der Waals surface area contributed by atoms with Crippen LogP contribution < -0.4 is 5.32 Å². The van der Waals surface area contributed by atoms with E-state index in [1.54, 1.807) is 0 Å². The maximum absolute atomic E-state index is 11.0. The van der Waals surface area contributed by atoms with Gasteiger partial charge in [-0.05, 0) is 15.8 Å². The predicted octanol–water partition coefficient (Wildman–Crippen LogP) is -0.921. The Balaban J connectivity index is 2.60. The lowest BCUT2D eigenvalue weighted by Gasteiger charge is -2.03. The zero-order chi connectivity index (χ0) is 8.43. The van der Waals surface area contributed by atoms with E-state index < -0.39 is 12.1 Å². The smallest absolute Gasteiger partial charge is 0.327 e. The molecular weight excluding hydrogens is 167 g/mol. The van der Waals surface area contributed by atoms with Crippen LogP contribution in [0.1, 0.15) is 6.42 Å². The van der Waals surface area contributed by atoms with Crippen molar-refractivity contribution in [3.8, 4) is 0 Å². The molecule has 1 aliphatic heterocycles. The van der Waals surface area contributed by atoms with E-state index in [0.29, 0.717) is 0 Å². The monoisotopic (exact) mass is 176 g/mol. The van der Waals surface area contributed by atoms with Crippen LogP contribution in [0.2, 0.25) is 0 Å². The van der Waals surface area contributed by atoms with Gasteiger partial charge < -0.3 is 10.4 Å². The number of urea groups is 1. The highest BCUT2D eigenvalue weighted by Gasteiger charge is 2.34. The van der Waals surface area contributed by atoms with Crippen molar-refractivity contribution in [3.63, 3.8) is 0 Å². The van der Waals surface area contributed by atoms with Crippen molar-refractivity contribution < 1.29 is 14.7 Å². The fraction of sp³-hybridized carbons (Fsp3) is 0.600. The second-order valence-electron chi connectivity index (χ2n) is 2.22. The molecule has 0 radical (unpaired) electrons. The summed E-state index contributed by atoms with van der Waals surface area (Å²) in [7, 11) is 2.02. The van der Waals surface area contributed by atoms with Crippen LogP contribution in [0.3, 0.4) is 0 Å². The molecule has 5 nitrogen and oxygen atoms in total. The number of hydrogen-bond donors (Lipinski definition) is 2. The largest absolute Gasteiger partial charge is 0.396 e. The van der Waals surface area contributed by atoms with E-state index in [0.717, 1.165) is 4.67 Å². The lowest BCUT2D eigenvalue weighted by atomic mass is 10.2. The fourth-order valence-corrected chi connectivity index (χ4v) is 1.13. The van der Waals surface area contributed by atoms with Gasteiger partial charge in [-0.2, -0.15) is 0 Å². The number of aliphatic hydroxyl groups is 1. The molecule has 6 heteroatoms. The first-order chi connectivity index (χ1) is 5.16. The minimum Gasteiger partial charge on any atom is -0.396 e. The highest BCUT2D eigenvalue weighted by molar-refractivity contribution is 7.16. The highest BCUT2D eigenvalue weighted by Crippen LogP contribution is 2.12. The van der Waals surface area contributed by atoms with Crippen molar-refractivity contribution in [3.05, 3.63) is 0 Å². The van der Waals surface area contributed by atoms with Crippen LogP contribution in [0.25, 0.3) is 0 Å². The standard InChI is InChI=1S/C5H9N2O3P/c8-2-1-3-4(9)7(11)5(10)6-3/h3,8H,1-2,11H2,(H,6,10).